The maximum Gasteiger partial charge on any atom is 0.256 e. The van der Waals surface area contributed by atoms with Crippen LogP contribution in [-0.4, -0.2) is 60.7 Å². The topological polar surface area (TPSA) is 59.1 Å². The highest BCUT2D eigenvalue weighted by Crippen LogP contribution is 2.30. The number of rotatable bonds is 6. The third-order valence-electron chi connectivity index (χ3n) is 5.37. The van der Waals surface area contributed by atoms with Crippen molar-refractivity contribution in [3.8, 4) is 0 Å². The van der Waals surface area contributed by atoms with E-state index < -0.39 is 0 Å². The van der Waals surface area contributed by atoms with Crippen molar-refractivity contribution >= 4 is 11.8 Å². The van der Waals surface area contributed by atoms with E-state index in [2.05, 4.69) is 0 Å². The van der Waals surface area contributed by atoms with E-state index in [1.807, 2.05) is 29.2 Å². The van der Waals surface area contributed by atoms with Crippen LogP contribution >= 0.6 is 0 Å². The molecule has 0 radical (unpaired) electrons. The molecule has 6 heteroatoms. The normalized spacial score (nSPS) is 21.5. The first-order valence-electron chi connectivity index (χ1n) is 9.55. The molecule has 4 rings (SSSR count). The van der Waals surface area contributed by atoms with Crippen molar-refractivity contribution in [1.29, 1.82) is 0 Å². The molecule has 0 N–H and O–H groups in total. The number of carbonyl (C=O) groups is 2. The van der Waals surface area contributed by atoms with Crippen molar-refractivity contribution < 1.29 is 19.1 Å². The van der Waals surface area contributed by atoms with E-state index in [1.165, 1.54) is 12.8 Å². The minimum atomic E-state index is -0.0807. The Morgan fingerprint density at radius 3 is 2.69 bits per heavy atom. The van der Waals surface area contributed by atoms with Gasteiger partial charge in [-0.2, -0.15) is 0 Å². The molecular weight excluding hydrogens is 332 g/mol. The van der Waals surface area contributed by atoms with Crippen LogP contribution in [0.2, 0.25) is 0 Å². The van der Waals surface area contributed by atoms with E-state index in [4.69, 9.17) is 9.47 Å². The Bertz CT molecular complexity index is 668. The van der Waals surface area contributed by atoms with Crippen molar-refractivity contribution in [2.45, 2.75) is 38.4 Å². The van der Waals surface area contributed by atoms with Gasteiger partial charge in [0.25, 0.3) is 5.91 Å². The Kier molecular flexibility index (Phi) is 5.22. The van der Waals surface area contributed by atoms with Gasteiger partial charge < -0.3 is 19.3 Å². The summed E-state index contributed by atoms with van der Waals surface area (Å²) >= 11 is 0. The first kappa shape index (κ1) is 17.5. The lowest BCUT2D eigenvalue weighted by Crippen LogP contribution is -2.32. The first-order valence-corrected chi connectivity index (χ1v) is 9.55. The maximum absolute atomic E-state index is 13.0. The van der Waals surface area contributed by atoms with Crippen LogP contribution in [0.15, 0.2) is 24.3 Å². The molecular formula is C20H26N2O4. The second kappa shape index (κ2) is 7.76. The van der Waals surface area contributed by atoms with Crippen molar-refractivity contribution in [1.82, 2.24) is 9.80 Å². The lowest BCUT2D eigenvalue weighted by molar-refractivity contribution is -0.126. The molecule has 2 saturated heterocycles. The summed E-state index contributed by atoms with van der Waals surface area (Å²) in [5.41, 5.74) is 1.53. The predicted octanol–water partition coefficient (Wildman–Crippen LogP) is 2.03. The zero-order valence-electron chi connectivity index (χ0n) is 15.1. The lowest BCUT2D eigenvalue weighted by atomic mass is 10.1. The van der Waals surface area contributed by atoms with Gasteiger partial charge in [-0.15, -0.1) is 0 Å². The molecule has 2 aliphatic heterocycles. The van der Waals surface area contributed by atoms with Crippen molar-refractivity contribution in [2.75, 3.05) is 33.0 Å². The Morgan fingerprint density at radius 2 is 1.92 bits per heavy atom. The number of nitrogens with zero attached hydrogens (tertiary/aromatic N) is 2. The summed E-state index contributed by atoms with van der Waals surface area (Å²) in [6.07, 6.45) is 4.38. The molecule has 0 unspecified atom stereocenters. The largest absolute Gasteiger partial charge is 0.381 e. The van der Waals surface area contributed by atoms with Gasteiger partial charge >= 0.3 is 0 Å². The molecule has 0 bridgehead atoms. The summed E-state index contributed by atoms with van der Waals surface area (Å²) in [5.74, 6) is 0.609. The minimum absolute atomic E-state index is 0.0567. The molecule has 26 heavy (non-hydrogen) atoms. The summed E-state index contributed by atoms with van der Waals surface area (Å²) in [5, 5.41) is 0. The molecule has 1 aromatic carbocycles. The summed E-state index contributed by atoms with van der Waals surface area (Å²) in [4.78, 5) is 28.6. The summed E-state index contributed by atoms with van der Waals surface area (Å²) in [6.45, 7) is 3.26. The summed E-state index contributed by atoms with van der Waals surface area (Å²) < 4.78 is 11.4. The number of carbonyl (C=O) groups excluding carboxylic acids is 2. The van der Waals surface area contributed by atoms with Crippen molar-refractivity contribution in [2.24, 2.45) is 5.92 Å². The molecule has 1 aromatic rings. The van der Waals surface area contributed by atoms with E-state index in [0.717, 1.165) is 38.2 Å². The standard InChI is InChI=1S/C20H26N2O4/c23-19-12-22(14-21(19)11-15-5-6-15)20(24)18-4-2-1-3-16(18)13-26-17-7-9-25-10-8-17/h1-4,15,17H,5-14H2. The Balaban J connectivity index is 1.40. The Hall–Kier alpha value is -1.92. The third-order valence-corrected chi connectivity index (χ3v) is 5.37. The van der Waals surface area contributed by atoms with Crippen LogP contribution < -0.4 is 0 Å². The fourth-order valence-corrected chi connectivity index (χ4v) is 3.58. The smallest absolute Gasteiger partial charge is 0.256 e. The highest BCUT2D eigenvalue weighted by atomic mass is 16.5. The fourth-order valence-electron chi connectivity index (χ4n) is 3.58. The van der Waals surface area contributed by atoms with Gasteiger partial charge in [-0.1, -0.05) is 18.2 Å². The van der Waals surface area contributed by atoms with E-state index in [1.54, 1.807) is 4.90 Å². The molecule has 3 aliphatic rings. The van der Waals surface area contributed by atoms with Gasteiger partial charge in [-0.3, -0.25) is 9.59 Å². The molecule has 0 spiro atoms. The first-order chi connectivity index (χ1) is 12.7. The SMILES string of the molecule is O=C1CN(C(=O)c2ccccc2COC2CCOCC2)CN1CC1CC1. The number of ether oxygens (including phenoxy) is 2. The van der Waals surface area contributed by atoms with Crippen LogP contribution in [0.3, 0.4) is 0 Å². The monoisotopic (exact) mass is 358 g/mol. The highest BCUT2D eigenvalue weighted by molar-refractivity contribution is 5.99. The second-order valence-electron chi connectivity index (χ2n) is 7.48. The van der Waals surface area contributed by atoms with Crippen LogP contribution in [0.5, 0.6) is 0 Å². The van der Waals surface area contributed by atoms with Crippen molar-refractivity contribution in [3.63, 3.8) is 0 Å². The van der Waals surface area contributed by atoms with Gasteiger partial charge in [0.15, 0.2) is 0 Å². The van der Waals surface area contributed by atoms with Crippen LogP contribution in [0.1, 0.15) is 41.6 Å². The molecule has 0 atom stereocenters. The number of benzene rings is 1. The van der Waals surface area contributed by atoms with Crippen molar-refractivity contribution in [3.05, 3.63) is 35.4 Å². The molecule has 1 saturated carbocycles. The average Bonchev–Trinajstić information content (AvgIpc) is 3.42. The van der Waals surface area contributed by atoms with Crippen LogP contribution in [0.4, 0.5) is 0 Å². The molecule has 0 aromatic heterocycles. The Labute approximate surface area is 154 Å². The number of hydrogen-bond acceptors (Lipinski definition) is 4. The highest BCUT2D eigenvalue weighted by Gasteiger charge is 2.35. The van der Waals surface area contributed by atoms with Gasteiger partial charge in [-0.25, -0.2) is 0 Å². The van der Waals surface area contributed by atoms with Crippen LogP contribution in [0, 0.1) is 5.92 Å². The van der Waals surface area contributed by atoms with E-state index >= 15 is 0 Å². The molecule has 6 nitrogen and oxygen atoms in total. The molecule has 140 valence electrons. The average molecular weight is 358 g/mol. The van der Waals surface area contributed by atoms with Gasteiger partial charge in [0.05, 0.1) is 19.4 Å². The Morgan fingerprint density at radius 1 is 1.15 bits per heavy atom. The molecule has 2 heterocycles. The zero-order chi connectivity index (χ0) is 17.9. The van der Waals surface area contributed by atoms with E-state index in [0.29, 0.717) is 24.8 Å². The van der Waals surface area contributed by atoms with Gasteiger partial charge in [-0.05, 0) is 43.2 Å². The summed E-state index contributed by atoms with van der Waals surface area (Å²) in [6, 6.07) is 7.56. The van der Waals surface area contributed by atoms with Crippen LogP contribution in [-0.2, 0) is 20.9 Å². The third kappa shape index (κ3) is 4.07. The second-order valence-corrected chi connectivity index (χ2v) is 7.48. The van der Waals surface area contributed by atoms with E-state index in [9.17, 15) is 9.59 Å². The van der Waals surface area contributed by atoms with Gasteiger partial charge in [0, 0.05) is 25.3 Å². The quantitative estimate of drug-likeness (QED) is 0.781. The number of amides is 2. The van der Waals surface area contributed by atoms with Crippen LogP contribution in [0.25, 0.3) is 0 Å². The molecule has 3 fully saturated rings. The zero-order valence-corrected chi connectivity index (χ0v) is 15.1. The summed E-state index contributed by atoms with van der Waals surface area (Å²) in [7, 11) is 0. The predicted molar refractivity (Wildman–Crippen MR) is 95.4 cm³/mol. The minimum Gasteiger partial charge on any atom is -0.381 e. The van der Waals surface area contributed by atoms with E-state index in [-0.39, 0.29) is 24.5 Å². The molecule has 2 amide bonds. The lowest BCUT2D eigenvalue weighted by Gasteiger charge is -2.23. The fraction of sp³-hybridized carbons (Fsp3) is 0.600. The number of hydrogen-bond donors (Lipinski definition) is 0. The maximum atomic E-state index is 13.0. The van der Waals surface area contributed by atoms with Gasteiger partial charge in [0.1, 0.15) is 6.54 Å². The molecule has 1 aliphatic carbocycles. The van der Waals surface area contributed by atoms with Gasteiger partial charge in [0.2, 0.25) is 5.91 Å².